The van der Waals surface area contributed by atoms with E-state index in [1.54, 1.807) is 12.1 Å². The van der Waals surface area contributed by atoms with Crippen LogP contribution in [0.1, 0.15) is 149 Å². The first kappa shape index (κ1) is 57.8. The highest BCUT2D eigenvalue weighted by molar-refractivity contribution is 6.31. The lowest BCUT2D eigenvalue weighted by molar-refractivity contribution is -0.166. The molecule has 12 nitrogen and oxygen atoms in total. The van der Waals surface area contributed by atoms with Gasteiger partial charge in [0.1, 0.15) is 0 Å². The van der Waals surface area contributed by atoms with Gasteiger partial charge in [-0.3, -0.25) is 0 Å². The second kappa shape index (κ2) is 26.0. The molecule has 2 saturated carbocycles. The fraction of sp³-hybridized carbons (Fsp3) is 0.500. The zero-order valence-electron chi connectivity index (χ0n) is 41.6. The second-order valence-electron chi connectivity index (χ2n) is 21.1. The number of aliphatic carboxylic acids is 2. The van der Waals surface area contributed by atoms with Crippen LogP contribution in [0.15, 0.2) is 97.1 Å². The van der Waals surface area contributed by atoms with Gasteiger partial charge in [-0.05, 0) is 121 Å². The Morgan fingerprint density at radius 3 is 1.21 bits per heavy atom. The molecule has 4 aromatic rings. The van der Waals surface area contributed by atoms with E-state index in [2.05, 4.69) is 65.8 Å². The first-order valence-electron chi connectivity index (χ1n) is 24.3. The zero-order valence-corrected chi connectivity index (χ0v) is 43.1. The number of carboxylic acid groups (broad SMARTS) is 2. The van der Waals surface area contributed by atoms with E-state index in [0.717, 1.165) is 98.2 Å². The topological polar surface area (TPSA) is 220 Å². The minimum absolute atomic E-state index is 0.0253. The van der Waals surface area contributed by atoms with Gasteiger partial charge < -0.3 is 41.4 Å². The van der Waals surface area contributed by atoms with Crippen molar-refractivity contribution in [2.24, 2.45) is 34.1 Å². The fourth-order valence-electron chi connectivity index (χ4n) is 8.91. The summed E-state index contributed by atoms with van der Waals surface area (Å²) < 4.78 is 9.52. The maximum Gasteiger partial charge on any atom is 0.349 e. The van der Waals surface area contributed by atoms with Crippen LogP contribution in [0.25, 0.3) is 0 Å². The maximum absolute atomic E-state index is 12.0. The van der Waals surface area contributed by atoms with E-state index in [1.165, 1.54) is 59.7 Å². The van der Waals surface area contributed by atoms with Gasteiger partial charge in [-0.1, -0.05) is 151 Å². The van der Waals surface area contributed by atoms with Crippen LogP contribution in [0.5, 0.6) is 0 Å². The van der Waals surface area contributed by atoms with Gasteiger partial charge in [-0.2, -0.15) is 0 Å². The Hall–Kier alpha value is -4.82. The molecule has 2 aliphatic carbocycles. The van der Waals surface area contributed by atoms with Crippen molar-refractivity contribution in [3.05, 3.63) is 140 Å². The lowest BCUT2D eigenvalue weighted by Gasteiger charge is -2.41. The smallest absolute Gasteiger partial charge is 0.349 e. The molecule has 6 rings (SSSR count). The van der Waals surface area contributed by atoms with Crippen LogP contribution in [0.2, 0.25) is 10.0 Å². The third-order valence-electron chi connectivity index (χ3n) is 13.4. The largest absolute Gasteiger partial charge is 0.478 e. The molecule has 0 bridgehead atoms. The number of benzene rings is 4. The number of aryl methyl sites for hydroxylation is 2. The minimum atomic E-state index is -2.21. The fourth-order valence-corrected chi connectivity index (χ4v) is 9.46. The van der Waals surface area contributed by atoms with Crippen molar-refractivity contribution in [1.82, 2.24) is 0 Å². The molecule has 382 valence electrons. The number of aliphatic hydroxyl groups excluding tert-OH is 2. The van der Waals surface area contributed by atoms with Crippen LogP contribution in [-0.4, -0.2) is 69.7 Å². The third kappa shape index (κ3) is 16.6. The van der Waals surface area contributed by atoms with Crippen molar-refractivity contribution in [1.29, 1.82) is 0 Å². The highest BCUT2D eigenvalue weighted by Gasteiger charge is 2.42. The summed E-state index contributed by atoms with van der Waals surface area (Å²) in [7, 11) is 0. The number of carbonyl (C=O) groups excluding carboxylic acids is 2. The van der Waals surface area contributed by atoms with Gasteiger partial charge in [-0.15, -0.1) is 0 Å². The van der Waals surface area contributed by atoms with Crippen molar-refractivity contribution < 1.29 is 49.1 Å². The predicted octanol–water partition coefficient (Wildman–Crippen LogP) is 10.9. The van der Waals surface area contributed by atoms with E-state index in [1.807, 2.05) is 12.1 Å². The van der Waals surface area contributed by atoms with Gasteiger partial charge in [0, 0.05) is 46.2 Å². The first-order valence-corrected chi connectivity index (χ1v) is 25.0. The molecule has 70 heavy (non-hydrogen) atoms. The van der Waals surface area contributed by atoms with E-state index in [4.69, 9.17) is 44.1 Å². The zero-order chi connectivity index (χ0) is 51.9. The average Bonchev–Trinajstić information content (AvgIpc) is 3.32. The summed E-state index contributed by atoms with van der Waals surface area (Å²) in [4.78, 5) is 46.8. The molecule has 4 aromatic carbocycles. The summed E-state index contributed by atoms with van der Waals surface area (Å²) in [6.07, 6.45) is 8.17. The van der Waals surface area contributed by atoms with Crippen LogP contribution >= 0.6 is 23.2 Å². The molecule has 6 atom stereocenters. The Morgan fingerprint density at radius 1 is 0.586 bits per heavy atom. The van der Waals surface area contributed by atoms with Gasteiger partial charge in [-0.25, -0.2) is 19.2 Å². The van der Waals surface area contributed by atoms with Crippen molar-refractivity contribution in [2.45, 2.75) is 142 Å². The number of rotatable bonds is 15. The molecule has 2 aliphatic rings. The molecule has 0 aliphatic heterocycles. The lowest BCUT2D eigenvalue weighted by atomic mass is 9.69. The number of hydrogen-bond donors (Lipinski definition) is 6. The molecule has 2 fully saturated rings. The molecule has 0 spiro atoms. The SMILES string of the molecule is CC(C)(C)CCc1ccc(C2(N)CCCCC2CO)cc1Cl.CC(C)(C)CCc1ccc([C@@]2(N)CCCCC2CO)cc1Cl.O=C(O[C@H](C(=O)O)[C@H](OC(=O)c1ccccc1)C(=O)O)c1ccccc1. The summed E-state index contributed by atoms with van der Waals surface area (Å²) in [6, 6.07) is 27.4. The standard InChI is InChI=1S/2C19H30ClNO.C18H14O8/c2*1-18(2,3)11-9-14-7-8-15(12-17(14)20)19(21)10-5-4-6-16(19)13-22;19-15(20)13(25-17(23)11-7-3-1-4-8-11)14(16(21)22)26-18(24)12-9-5-2-6-10-12/h2*7-8,12,16,22H,4-6,9-11,13,21H2,1-3H3;1-10,13-14H,(H,19,20)(H,21,22)/t16?,19-;;13-,14-/m0.0/s1. The summed E-state index contributed by atoms with van der Waals surface area (Å²) >= 11 is 13.0. The van der Waals surface area contributed by atoms with Crippen LogP contribution in [-0.2, 0) is 43.0 Å². The number of carboxylic acids is 2. The summed E-state index contributed by atoms with van der Waals surface area (Å²) in [5, 5.41) is 39.5. The van der Waals surface area contributed by atoms with Crippen molar-refractivity contribution in [2.75, 3.05) is 13.2 Å². The normalized spacial score (nSPS) is 21.1. The molecular weight excluding hydrogens is 932 g/mol. The number of ether oxygens (including phenoxy) is 2. The van der Waals surface area contributed by atoms with Gasteiger partial charge in [0.15, 0.2) is 0 Å². The van der Waals surface area contributed by atoms with Crippen molar-refractivity contribution in [3.8, 4) is 0 Å². The molecule has 14 heteroatoms. The van der Waals surface area contributed by atoms with E-state index >= 15 is 0 Å². The number of aliphatic hydroxyl groups is 2. The van der Waals surface area contributed by atoms with Gasteiger partial charge >= 0.3 is 23.9 Å². The van der Waals surface area contributed by atoms with E-state index < -0.39 is 47.2 Å². The molecule has 0 heterocycles. The Kier molecular flexibility index (Phi) is 21.5. The van der Waals surface area contributed by atoms with Gasteiger partial charge in [0.25, 0.3) is 0 Å². The van der Waals surface area contributed by atoms with Crippen LogP contribution in [0.4, 0.5) is 0 Å². The lowest BCUT2D eigenvalue weighted by Crippen LogP contribution is -2.47. The number of carbonyl (C=O) groups is 4. The summed E-state index contributed by atoms with van der Waals surface area (Å²) in [5.74, 6) is -5.36. The van der Waals surface area contributed by atoms with Crippen molar-refractivity contribution >= 4 is 47.1 Å². The molecule has 8 N–H and O–H groups in total. The highest BCUT2D eigenvalue weighted by Crippen LogP contribution is 2.42. The Labute approximate surface area is 424 Å². The Balaban J connectivity index is 0.000000230. The molecule has 0 amide bonds. The third-order valence-corrected chi connectivity index (χ3v) is 14.1. The number of hydrogen-bond acceptors (Lipinski definition) is 10. The van der Waals surface area contributed by atoms with Crippen LogP contribution in [0, 0.1) is 22.7 Å². The monoisotopic (exact) mass is 1000 g/mol. The summed E-state index contributed by atoms with van der Waals surface area (Å²) in [5.41, 5.74) is 17.7. The molecular formula is C56H74Cl2N2O10. The Bertz CT molecular complexity index is 2170. The van der Waals surface area contributed by atoms with Crippen LogP contribution in [0.3, 0.4) is 0 Å². The highest BCUT2D eigenvalue weighted by atomic mass is 35.5. The molecule has 0 aromatic heterocycles. The van der Waals surface area contributed by atoms with Crippen molar-refractivity contribution in [3.63, 3.8) is 0 Å². The number of esters is 2. The number of nitrogens with two attached hydrogens (primary N) is 2. The van der Waals surface area contributed by atoms with Crippen LogP contribution < -0.4 is 11.5 Å². The minimum Gasteiger partial charge on any atom is -0.478 e. The van der Waals surface area contributed by atoms with Gasteiger partial charge in [0.05, 0.1) is 11.1 Å². The van der Waals surface area contributed by atoms with Gasteiger partial charge in [0.2, 0.25) is 12.2 Å². The average molecular weight is 1010 g/mol. The quantitative estimate of drug-likeness (QED) is 0.0613. The molecule has 0 radical (unpaired) electrons. The maximum atomic E-state index is 12.0. The molecule has 0 saturated heterocycles. The predicted molar refractivity (Wildman–Crippen MR) is 275 cm³/mol. The van der Waals surface area contributed by atoms with E-state index in [-0.39, 0.29) is 36.2 Å². The van der Waals surface area contributed by atoms with E-state index in [0.29, 0.717) is 10.8 Å². The summed E-state index contributed by atoms with van der Waals surface area (Å²) in [6.45, 7) is 13.8. The molecule has 3 unspecified atom stereocenters. The second-order valence-corrected chi connectivity index (χ2v) is 21.9. The number of halogens is 2. The Morgan fingerprint density at radius 2 is 0.929 bits per heavy atom. The first-order chi connectivity index (χ1) is 32.9. The van der Waals surface area contributed by atoms with E-state index in [9.17, 15) is 39.6 Å².